The minimum absolute atomic E-state index is 0.0354. The van der Waals surface area contributed by atoms with Crippen LogP contribution >= 0.6 is 0 Å². The van der Waals surface area contributed by atoms with Crippen molar-refractivity contribution in [2.45, 2.75) is 44.8 Å². The van der Waals surface area contributed by atoms with Crippen molar-refractivity contribution in [2.24, 2.45) is 7.05 Å². The molecule has 0 spiro atoms. The lowest BCUT2D eigenvalue weighted by atomic mass is 9.94. The average Bonchev–Trinajstić information content (AvgIpc) is 3.85. The molecule has 0 radical (unpaired) electrons. The van der Waals surface area contributed by atoms with E-state index in [4.69, 9.17) is 4.74 Å². The van der Waals surface area contributed by atoms with E-state index in [-0.39, 0.29) is 17.7 Å². The number of hydrogen-bond acceptors (Lipinski definition) is 7. The third-order valence-corrected chi connectivity index (χ3v) is 8.67. The summed E-state index contributed by atoms with van der Waals surface area (Å²) < 4.78 is 9.21. The second-order valence-corrected chi connectivity index (χ2v) is 11.3. The summed E-state index contributed by atoms with van der Waals surface area (Å²) in [7, 11) is 3.54. The van der Waals surface area contributed by atoms with Crippen LogP contribution in [0.15, 0.2) is 55.2 Å². The van der Waals surface area contributed by atoms with Gasteiger partial charge in [0.1, 0.15) is 5.75 Å². The van der Waals surface area contributed by atoms with E-state index in [1.165, 1.54) is 0 Å². The molecule has 7 rings (SSSR count). The Kier molecular flexibility index (Phi) is 6.88. The van der Waals surface area contributed by atoms with E-state index in [1.807, 2.05) is 45.9 Å². The van der Waals surface area contributed by atoms with Crippen molar-refractivity contribution < 1.29 is 14.3 Å². The first-order chi connectivity index (χ1) is 21.0. The van der Waals surface area contributed by atoms with Crippen LogP contribution in [-0.4, -0.2) is 76.6 Å². The Balaban J connectivity index is 1.20. The van der Waals surface area contributed by atoms with E-state index < -0.39 is 0 Å². The van der Waals surface area contributed by atoms with E-state index in [0.717, 1.165) is 58.4 Å². The summed E-state index contributed by atoms with van der Waals surface area (Å²) >= 11 is 0. The lowest BCUT2D eigenvalue weighted by Gasteiger charge is -2.32. The highest BCUT2D eigenvalue weighted by Gasteiger charge is 2.30. The number of benzene rings is 1. The molecular weight excluding hydrogens is 546 g/mol. The second-order valence-electron chi connectivity index (χ2n) is 11.3. The molecule has 2 aliphatic heterocycles. The zero-order valence-corrected chi connectivity index (χ0v) is 24.2. The van der Waals surface area contributed by atoms with Gasteiger partial charge in [-0.25, -0.2) is 0 Å². The standard InChI is InChI=1S/C31H33N9O3/c1-37-27-19-39(18-23(27)15-34-37)31(42)22-12-21-14-26(35-30(21)24(13-22)25-16-32-7-5-28(25)43-2)20-4-3-9-38(17-20)29(41)6-10-40-11-8-33-36-40/h5,7-8,11-16,20,35H,3-4,6,9-10,17-19H2,1-2H3/t20-/m1/s1. The molecule has 4 aromatic heterocycles. The topological polar surface area (TPSA) is 127 Å². The maximum Gasteiger partial charge on any atom is 0.254 e. The average molecular weight is 580 g/mol. The molecular formula is C31H33N9O3. The molecule has 1 aromatic carbocycles. The molecule has 6 heterocycles. The molecule has 43 heavy (non-hydrogen) atoms. The Morgan fingerprint density at radius 3 is 2.81 bits per heavy atom. The maximum atomic E-state index is 13.9. The molecule has 1 N–H and O–H groups in total. The van der Waals surface area contributed by atoms with Crippen molar-refractivity contribution in [1.29, 1.82) is 0 Å². The van der Waals surface area contributed by atoms with Gasteiger partial charge in [-0.1, -0.05) is 5.21 Å². The molecule has 12 nitrogen and oxygen atoms in total. The zero-order valence-electron chi connectivity index (χ0n) is 24.2. The largest absolute Gasteiger partial charge is 0.496 e. The lowest BCUT2D eigenvalue weighted by molar-refractivity contribution is -0.132. The van der Waals surface area contributed by atoms with Crippen molar-refractivity contribution in [3.8, 4) is 16.9 Å². The summed E-state index contributed by atoms with van der Waals surface area (Å²) in [4.78, 5) is 38.8. The van der Waals surface area contributed by atoms with Gasteiger partial charge >= 0.3 is 0 Å². The summed E-state index contributed by atoms with van der Waals surface area (Å²) in [6.45, 7) is 2.96. The van der Waals surface area contributed by atoms with Crippen molar-refractivity contribution in [3.05, 3.63) is 77.8 Å². The van der Waals surface area contributed by atoms with E-state index in [9.17, 15) is 9.59 Å². The molecule has 2 amide bonds. The first-order valence-electron chi connectivity index (χ1n) is 14.5. The van der Waals surface area contributed by atoms with Gasteiger partial charge in [0.2, 0.25) is 5.91 Å². The third kappa shape index (κ3) is 5.02. The van der Waals surface area contributed by atoms with E-state index in [2.05, 4.69) is 31.4 Å². The molecule has 0 bridgehead atoms. The van der Waals surface area contributed by atoms with Crippen LogP contribution in [0, 0.1) is 0 Å². The number of pyridine rings is 1. The molecule has 0 aliphatic carbocycles. The number of rotatable bonds is 7. The van der Waals surface area contributed by atoms with Gasteiger partial charge in [-0.05, 0) is 37.1 Å². The SMILES string of the molecule is COc1ccncc1-c1cc(C(=O)N2Cc3cnn(C)c3C2)cc2cc([C@@H]3CCCN(C(=O)CCn4ccnn4)C3)[nH]c12. The van der Waals surface area contributed by atoms with E-state index >= 15 is 0 Å². The van der Waals surface area contributed by atoms with Gasteiger partial charge in [-0.2, -0.15) is 5.10 Å². The maximum absolute atomic E-state index is 13.9. The molecule has 12 heteroatoms. The number of piperidine rings is 1. The van der Waals surface area contributed by atoms with Crippen molar-refractivity contribution in [2.75, 3.05) is 20.2 Å². The number of carbonyl (C=O) groups excluding carboxylic acids is 2. The van der Waals surface area contributed by atoms with Crippen LogP contribution in [0.5, 0.6) is 5.75 Å². The second kappa shape index (κ2) is 11.0. The number of hydrogen-bond donors (Lipinski definition) is 1. The van der Waals surface area contributed by atoms with Crippen LogP contribution in [0.2, 0.25) is 0 Å². The van der Waals surface area contributed by atoms with Crippen LogP contribution in [0.1, 0.15) is 52.5 Å². The number of aromatic amines is 1. The predicted molar refractivity (Wildman–Crippen MR) is 158 cm³/mol. The molecule has 1 saturated heterocycles. The molecule has 220 valence electrons. The van der Waals surface area contributed by atoms with Crippen molar-refractivity contribution in [3.63, 3.8) is 0 Å². The summed E-state index contributed by atoms with van der Waals surface area (Å²) in [6, 6.07) is 7.87. The summed E-state index contributed by atoms with van der Waals surface area (Å²) in [5.41, 5.74) is 6.37. The van der Waals surface area contributed by atoms with Crippen LogP contribution in [0.4, 0.5) is 0 Å². The Labute approximate surface area is 248 Å². The van der Waals surface area contributed by atoms with Gasteiger partial charge in [0.25, 0.3) is 5.91 Å². The fraction of sp³-hybridized carbons (Fsp3) is 0.355. The van der Waals surface area contributed by atoms with Gasteiger partial charge in [0, 0.05) is 90.9 Å². The highest BCUT2D eigenvalue weighted by molar-refractivity contribution is 6.04. The molecule has 0 saturated carbocycles. The Morgan fingerprint density at radius 2 is 2.00 bits per heavy atom. The number of likely N-dealkylation sites (tertiary alicyclic amines) is 1. The lowest BCUT2D eigenvalue weighted by Crippen LogP contribution is -2.39. The normalized spacial score (nSPS) is 16.6. The molecule has 0 unspecified atom stereocenters. The monoisotopic (exact) mass is 579 g/mol. The fourth-order valence-electron chi connectivity index (χ4n) is 6.37. The number of nitrogens with zero attached hydrogens (tertiary/aromatic N) is 8. The quantitative estimate of drug-likeness (QED) is 0.313. The molecule has 2 aliphatic rings. The minimum atomic E-state index is -0.0354. The van der Waals surface area contributed by atoms with Gasteiger partial charge in [0.15, 0.2) is 0 Å². The van der Waals surface area contributed by atoms with Gasteiger partial charge in [-0.15, -0.1) is 5.10 Å². The van der Waals surface area contributed by atoms with Crippen LogP contribution in [-0.2, 0) is 31.5 Å². The van der Waals surface area contributed by atoms with Crippen molar-refractivity contribution >= 4 is 22.7 Å². The minimum Gasteiger partial charge on any atom is -0.496 e. The van der Waals surface area contributed by atoms with Crippen LogP contribution in [0.25, 0.3) is 22.0 Å². The smallest absolute Gasteiger partial charge is 0.254 e. The Hall–Kier alpha value is -5.00. The van der Waals surface area contributed by atoms with Crippen LogP contribution < -0.4 is 4.74 Å². The molecule has 5 aromatic rings. The number of H-pyrrole nitrogens is 1. The summed E-state index contributed by atoms with van der Waals surface area (Å²) in [5, 5.41) is 13.1. The van der Waals surface area contributed by atoms with Gasteiger partial charge in [0.05, 0.1) is 43.8 Å². The zero-order chi connectivity index (χ0) is 29.5. The Morgan fingerprint density at radius 1 is 1.09 bits per heavy atom. The summed E-state index contributed by atoms with van der Waals surface area (Å²) in [5.74, 6) is 0.914. The third-order valence-electron chi connectivity index (χ3n) is 8.67. The number of fused-ring (bicyclic) bond motifs is 2. The first-order valence-corrected chi connectivity index (χ1v) is 14.5. The summed E-state index contributed by atoms with van der Waals surface area (Å²) in [6.07, 6.45) is 11.0. The number of ether oxygens (including phenoxy) is 1. The molecule has 1 atom stereocenters. The predicted octanol–water partition coefficient (Wildman–Crippen LogP) is 3.52. The fourth-order valence-corrected chi connectivity index (χ4v) is 6.37. The number of carbonyl (C=O) groups is 2. The number of nitrogens with one attached hydrogen (secondary N) is 1. The number of aromatic nitrogens is 7. The Bertz CT molecular complexity index is 1810. The number of methoxy groups -OCH3 is 1. The van der Waals surface area contributed by atoms with Crippen molar-refractivity contribution in [1.82, 2.24) is 44.5 Å². The van der Waals surface area contributed by atoms with Gasteiger partial charge < -0.3 is 19.5 Å². The first kappa shape index (κ1) is 26.9. The van der Waals surface area contributed by atoms with Crippen LogP contribution in [0.3, 0.4) is 0 Å². The highest BCUT2D eigenvalue weighted by Crippen LogP contribution is 2.38. The van der Waals surface area contributed by atoms with E-state index in [1.54, 1.807) is 36.6 Å². The number of amides is 2. The van der Waals surface area contributed by atoms with Gasteiger partial charge in [-0.3, -0.25) is 23.9 Å². The number of aryl methyl sites for hydroxylation is 2. The molecule has 1 fully saturated rings. The highest BCUT2D eigenvalue weighted by atomic mass is 16.5. The van der Waals surface area contributed by atoms with E-state index in [0.29, 0.717) is 43.9 Å².